The highest BCUT2D eigenvalue weighted by molar-refractivity contribution is 7.73. The Bertz CT molecular complexity index is 722. The Kier molecular flexibility index (Phi) is 5.33. The summed E-state index contributed by atoms with van der Waals surface area (Å²) in [5, 5.41) is 9.21. The minimum absolute atomic E-state index is 0.229. The normalized spacial score (nSPS) is 22.2. The molecule has 3 rings (SSSR count). The third-order valence-corrected chi connectivity index (χ3v) is 5.10. The van der Waals surface area contributed by atoms with Crippen molar-refractivity contribution in [3.05, 3.63) is 33.2 Å². The molecule has 8 heteroatoms. The topological polar surface area (TPSA) is 42.3 Å². The number of nitrogens with zero attached hydrogens (tertiary/aromatic N) is 3. The Labute approximate surface area is 149 Å². The number of benzene rings is 1. The molecule has 0 radical (unpaired) electrons. The number of rotatable bonds is 4. The lowest BCUT2D eigenvalue weighted by Gasteiger charge is -2.34. The fourth-order valence-electron chi connectivity index (χ4n) is 2.71. The molecule has 0 saturated carbocycles. The average Bonchev–Trinajstić information content (AvgIpc) is 2.80. The van der Waals surface area contributed by atoms with E-state index in [1.165, 1.54) is 11.3 Å². The summed E-state index contributed by atoms with van der Waals surface area (Å²) in [5.74, 6) is 0. The molecule has 5 nitrogen and oxygen atoms in total. The number of anilines is 2. The molecule has 0 bridgehead atoms. The molecule has 2 unspecified atom stereocenters. The summed E-state index contributed by atoms with van der Waals surface area (Å²) in [6.45, 7) is 6.63. The van der Waals surface area contributed by atoms with Crippen LogP contribution in [0, 0.1) is 3.95 Å². The Morgan fingerprint density at radius 3 is 2.74 bits per heavy atom. The molecular weight excluding hydrogens is 352 g/mol. The minimum Gasteiger partial charge on any atom is -0.373 e. The van der Waals surface area contributed by atoms with E-state index in [1.807, 2.05) is 28.9 Å². The van der Waals surface area contributed by atoms with Gasteiger partial charge in [0, 0.05) is 13.1 Å². The number of hydrogen-bond donors (Lipinski definition) is 1. The molecule has 1 aliphatic heterocycles. The lowest BCUT2D eigenvalue weighted by Crippen LogP contribution is -2.46. The van der Waals surface area contributed by atoms with Crippen LogP contribution in [0.5, 0.6) is 0 Å². The standard InChI is InChI=1S/C15H19ClN4OS2/c1-10-7-19(8-11(2)21-10)9-20-15(22)23-14(18-20)17-13-6-4-3-5-12(13)16/h3-6,10-11H,7-9H2,1-2H3,(H,17,18). The summed E-state index contributed by atoms with van der Waals surface area (Å²) in [6, 6.07) is 7.59. The minimum atomic E-state index is 0.229. The molecule has 1 aromatic heterocycles. The highest BCUT2D eigenvalue weighted by Crippen LogP contribution is 2.26. The Balaban J connectivity index is 1.71. The van der Waals surface area contributed by atoms with Crippen LogP contribution in [0.1, 0.15) is 13.8 Å². The van der Waals surface area contributed by atoms with Crippen molar-refractivity contribution in [1.29, 1.82) is 0 Å². The third kappa shape index (κ3) is 4.30. The van der Waals surface area contributed by atoms with Crippen molar-refractivity contribution in [3.8, 4) is 0 Å². The van der Waals surface area contributed by atoms with Gasteiger partial charge in [0.2, 0.25) is 5.13 Å². The van der Waals surface area contributed by atoms with Gasteiger partial charge in [0.15, 0.2) is 3.95 Å². The lowest BCUT2D eigenvalue weighted by molar-refractivity contribution is -0.0776. The van der Waals surface area contributed by atoms with Crippen LogP contribution in [-0.4, -0.2) is 40.0 Å². The maximum atomic E-state index is 6.17. The van der Waals surface area contributed by atoms with E-state index in [-0.39, 0.29) is 12.2 Å². The first-order valence-electron chi connectivity index (χ1n) is 7.48. The zero-order valence-electron chi connectivity index (χ0n) is 13.0. The van der Waals surface area contributed by atoms with Crippen molar-refractivity contribution >= 4 is 46.0 Å². The van der Waals surface area contributed by atoms with Crippen LogP contribution in [0.4, 0.5) is 10.8 Å². The van der Waals surface area contributed by atoms with Gasteiger partial charge in [-0.15, -0.1) is 5.10 Å². The van der Waals surface area contributed by atoms with E-state index in [9.17, 15) is 0 Å². The summed E-state index contributed by atoms with van der Waals surface area (Å²) in [5.41, 5.74) is 0.832. The van der Waals surface area contributed by atoms with E-state index < -0.39 is 0 Å². The molecule has 0 amide bonds. The summed E-state index contributed by atoms with van der Waals surface area (Å²) in [7, 11) is 0. The van der Waals surface area contributed by atoms with Crippen LogP contribution < -0.4 is 5.32 Å². The highest BCUT2D eigenvalue weighted by atomic mass is 35.5. The van der Waals surface area contributed by atoms with Crippen LogP contribution in [0.25, 0.3) is 0 Å². The number of ether oxygens (including phenoxy) is 1. The molecule has 1 saturated heterocycles. The van der Waals surface area contributed by atoms with Crippen LogP contribution in [-0.2, 0) is 11.4 Å². The lowest BCUT2D eigenvalue weighted by atomic mass is 10.2. The van der Waals surface area contributed by atoms with Crippen molar-refractivity contribution in [2.75, 3.05) is 18.4 Å². The van der Waals surface area contributed by atoms with Crippen LogP contribution in [0.3, 0.4) is 0 Å². The van der Waals surface area contributed by atoms with Gasteiger partial charge in [0.25, 0.3) is 0 Å². The molecule has 1 aromatic carbocycles. The Hall–Kier alpha value is -0.990. The molecule has 2 atom stereocenters. The predicted octanol–water partition coefficient (Wildman–Crippen LogP) is 4.14. The summed E-state index contributed by atoms with van der Waals surface area (Å²) < 4.78 is 8.35. The first kappa shape index (κ1) is 16.9. The molecule has 1 aliphatic rings. The number of para-hydroxylation sites is 1. The van der Waals surface area contributed by atoms with E-state index in [0.717, 1.165) is 27.9 Å². The van der Waals surface area contributed by atoms with Gasteiger partial charge in [-0.25, -0.2) is 4.68 Å². The van der Waals surface area contributed by atoms with Crippen molar-refractivity contribution < 1.29 is 4.74 Å². The summed E-state index contributed by atoms with van der Waals surface area (Å²) in [6.07, 6.45) is 0.458. The van der Waals surface area contributed by atoms with Crippen LogP contribution >= 0.6 is 35.2 Å². The maximum Gasteiger partial charge on any atom is 0.209 e. The van der Waals surface area contributed by atoms with E-state index >= 15 is 0 Å². The largest absolute Gasteiger partial charge is 0.373 e. The van der Waals surface area contributed by atoms with Gasteiger partial charge in [0.05, 0.1) is 29.6 Å². The maximum absolute atomic E-state index is 6.17. The second-order valence-corrected chi connectivity index (χ2v) is 7.74. The fraction of sp³-hybridized carbons (Fsp3) is 0.467. The van der Waals surface area contributed by atoms with Gasteiger partial charge in [-0.2, -0.15) is 0 Å². The first-order chi connectivity index (χ1) is 11.0. The highest BCUT2D eigenvalue weighted by Gasteiger charge is 2.22. The number of morpholine rings is 1. The molecular formula is C15H19ClN4OS2. The molecule has 2 aromatic rings. The third-order valence-electron chi connectivity index (χ3n) is 3.55. The molecule has 124 valence electrons. The summed E-state index contributed by atoms with van der Waals surface area (Å²) in [4.78, 5) is 2.31. The van der Waals surface area contributed by atoms with Gasteiger partial charge in [0.1, 0.15) is 0 Å². The second kappa shape index (κ2) is 7.27. The smallest absolute Gasteiger partial charge is 0.209 e. The monoisotopic (exact) mass is 370 g/mol. The van der Waals surface area contributed by atoms with Crippen LogP contribution in [0.2, 0.25) is 5.02 Å². The van der Waals surface area contributed by atoms with Crippen molar-refractivity contribution in [2.24, 2.45) is 0 Å². The zero-order valence-corrected chi connectivity index (χ0v) is 15.4. The van der Waals surface area contributed by atoms with Crippen molar-refractivity contribution in [2.45, 2.75) is 32.7 Å². The Morgan fingerprint density at radius 2 is 2.04 bits per heavy atom. The van der Waals surface area contributed by atoms with E-state index in [2.05, 4.69) is 29.2 Å². The Morgan fingerprint density at radius 1 is 1.35 bits per heavy atom. The zero-order chi connectivity index (χ0) is 16.4. The first-order valence-corrected chi connectivity index (χ1v) is 9.09. The SMILES string of the molecule is CC1CN(Cn2nc(Nc3ccccc3Cl)sc2=S)CC(C)O1. The van der Waals surface area contributed by atoms with E-state index in [0.29, 0.717) is 11.7 Å². The van der Waals surface area contributed by atoms with E-state index in [1.54, 1.807) is 0 Å². The fourth-order valence-corrected chi connectivity index (χ4v) is 3.90. The van der Waals surface area contributed by atoms with Gasteiger partial charge in [-0.1, -0.05) is 35.1 Å². The van der Waals surface area contributed by atoms with Gasteiger partial charge < -0.3 is 10.1 Å². The number of nitrogens with one attached hydrogen (secondary N) is 1. The molecule has 23 heavy (non-hydrogen) atoms. The van der Waals surface area contributed by atoms with E-state index in [4.69, 9.17) is 28.6 Å². The van der Waals surface area contributed by atoms with Crippen molar-refractivity contribution in [1.82, 2.24) is 14.7 Å². The van der Waals surface area contributed by atoms with Gasteiger partial charge in [-0.3, -0.25) is 4.90 Å². The molecule has 1 fully saturated rings. The van der Waals surface area contributed by atoms with Gasteiger partial charge >= 0.3 is 0 Å². The predicted molar refractivity (Wildman–Crippen MR) is 97.3 cm³/mol. The van der Waals surface area contributed by atoms with Crippen molar-refractivity contribution in [3.63, 3.8) is 0 Å². The van der Waals surface area contributed by atoms with Crippen LogP contribution in [0.15, 0.2) is 24.3 Å². The number of hydrogen-bond acceptors (Lipinski definition) is 6. The summed E-state index contributed by atoms with van der Waals surface area (Å²) >= 11 is 13.1. The number of halogens is 1. The molecule has 0 spiro atoms. The number of aromatic nitrogens is 2. The second-order valence-electron chi connectivity index (χ2n) is 5.71. The quantitative estimate of drug-likeness (QED) is 0.819. The molecule has 0 aliphatic carbocycles. The molecule has 1 N–H and O–H groups in total. The average molecular weight is 371 g/mol. The van der Waals surface area contributed by atoms with Gasteiger partial charge in [-0.05, 0) is 38.2 Å². The molecule has 2 heterocycles.